The van der Waals surface area contributed by atoms with Gasteiger partial charge >= 0.3 is 5.69 Å². The Morgan fingerprint density at radius 1 is 1.20 bits per heavy atom. The van der Waals surface area contributed by atoms with Gasteiger partial charge in [0.15, 0.2) is 0 Å². The number of hydrogen-bond donors (Lipinski definition) is 1. The van der Waals surface area contributed by atoms with Crippen LogP contribution in [0.4, 0.5) is 17.1 Å². The molecule has 1 aromatic carbocycles. The van der Waals surface area contributed by atoms with Gasteiger partial charge in [-0.15, -0.1) is 0 Å². The molecule has 10 heteroatoms. The molecule has 2 rings (SSSR count). The third-order valence-electron chi connectivity index (χ3n) is 3.85. The molecule has 0 aliphatic heterocycles. The number of nitrogens with zero attached hydrogens (tertiary/aromatic N) is 4. The Bertz CT molecular complexity index is 858. The number of nitrogens with one attached hydrogen (secondary N) is 1. The van der Waals surface area contributed by atoms with Gasteiger partial charge in [-0.2, -0.15) is 5.10 Å². The maximum atomic E-state index is 12.1. The second-order valence-corrected chi connectivity index (χ2v) is 5.50. The number of aryl methyl sites for hydroxylation is 2. The summed E-state index contributed by atoms with van der Waals surface area (Å²) in [6, 6.07) is 4.43. The molecule has 0 fully saturated rings. The Kier molecular flexibility index (Phi) is 5.11. The number of carbonyl (C=O) groups is 1. The van der Waals surface area contributed by atoms with Crippen LogP contribution in [0.3, 0.4) is 0 Å². The summed E-state index contributed by atoms with van der Waals surface area (Å²) >= 11 is 0. The molecule has 0 bridgehead atoms. The molecule has 1 aromatic heterocycles. The molecule has 1 N–H and O–H groups in total. The summed E-state index contributed by atoms with van der Waals surface area (Å²) in [5.41, 5.74) is 1.25. The van der Waals surface area contributed by atoms with Crippen molar-refractivity contribution in [2.45, 2.75) is 33.7 Å². The van der Waals surface area contributed by atoms with Gasteiger partial charge in [-0.25, -0.2) is 0 Å². The van der Waals surface area contributed by atoms with E-state index in [-0.39, 0.29) is 35.9 Å². The van der Waals surface area contributed by atoms with Crippen molar-refractivity contribution in [3.05, 3.63) is 55.4 Å². The van der Waals surface area contributed by atoms with Crippen molar-refractivity contribution in [2.75, 3.05) is 5.32 Å². The van der Waals surface area contributed by atoms with Crippen molar-refractivity contribution < 1.29 is 14.6 Å². The molecule has 0 aliphatic rings. The van der Waals surface area contributed by atoms with Crippen LogP contribution in [0.25, 0.3) is 0 Å². The van der Waals surface area contributed by atoms with E-state index in [1.54, 1.807) is 19.9 Å². The smallest absolute Gasteiger partial charge is 0.312 e. The largest absolute Gasteiger partial charge is 0.326 e. The maximum Gasteiger partial charge on any atom is 0.312 e. The molecule has 0 unspecified atom stereocenters. The molecule has 10 nitrogen and oxygen atoms in total. The predicted molar refractivity (Wildman–Crippen MR) is 89.4 cm³/mol. The number of carbonyl (C=O) groups excluding carboxylic acids is 1. The van der Waals surface area contributed by atoms with Crippen LogP contribution >= 0.6 is 0 Å². The first-order valence-electron chi connectivity index (χ1n) is 7.44. The Morgan fingerprint density at radius 2 is 1.88 bits per heavy atom. The van der Waals surface area contributed by atoms with E-state index in [1.165, 1.54) is 23.7 Å². The molecule has 0 saturated carbocycles. The lowest BCUT2D eigenvalue weighted by Gasteiger charge is -2.09. The average Bonchev–Trinajstić information content (AvgIpc) is 2.81. The highest BCUT2D eigenvalue weighted by atomic mass is 16.6. The van der Waals surface area contributed by atoms with Gasteiger partial charge in [-0.3, -0.25) is 29.7 Å². The van der Waals surface area contributed by atoms with Crippen LogP contribution in [-0.2, 0) is 11.3 Å². The lowest BCUT2D eigenvalue weighted by molar-refractivity contribution is -0.386. The van der Waals surface area contributed by atoms with Crippen molar-refractivity contribution in [3.8, 4) is 0 Å². The fourth-order valence-electron chi connectivity index (χ4n) is 2.55. The van der Waals surface area contributed by atoms with Crippen molar-refractivity contribution >= 4 is 23.0 Å². The van der Waals surface area contributed by atoms with Gasteiger partial charge < -0.3 is 5.32 Å². The van der Waals surface area contributed by atoms with Gasteiger partial charge in [-0.1, -0.05) is 6.07 Å². The van der Waals surface area contributed by atoms with Crippen molar-refractivity contribution in [1.29, 1.82) is 0 Å². The van der Waals surface area contributed by atoms with Crippen LogP contribution in [-0.4, -0.2) is 25.5 Å². The summed E-state index contributed by atoms with van der Waals surface area (Å²) in [5.74, 6) is -0.362. The summed E-state index contributed by atoms with van der Waals surface area (Å²) in [6.07, 6.45) is 0.0290. The van der Waals surface area contributed by atoms with E-state index in [4.69, 9.17) is 0 Å². The lowest BCUT2D eigenvalue weighted by atomic mass is 10.1. The van der Waals surface area contributed by atoms with E-state index in [2.05, 4.69) is 10.4 Å². The predicted octanol–water partition coefficient (Wildman–Crippen LogP) is 2.65. The standard InChI is InChI=1S/C15H17N5O5/c1-9-12(5-4-6-13(9)19(22)23)16-14(21)7-8-18-11(3)15(20(24)25)10(2)17-18/h4-6H,7-8H2,1-3H3,(H,16,21). The zero-order chi connectivity index (χ0) is 18.7. The van der Waals surface area contributed by atoms with Gasteiger partial charge in [-0.05, 0) is 26.8 Å². The Balaban J connectivity index is 2.08. The Hall–Kier alpha value is -3.30. The quantitative estimate of drug-likeness (QED) is 0.630. The number of benzene rings is 1. The minimum absolute atomic E-state index is 0.0290. The van der Waals surface area contributed by atoms with E-state index in [0.29, 0.717) is 16.9 Å². The highest BCUT2D eigenvalue weighted by Gasteiger charge is 2.22. The summed E-state index contributed by atoms with van der Waals surface area (Å²) in [6.45, 7) is 4.83. The number of anilines is 1. The van der Waals surface area contributed by atoms with Crippen LogP contribution in [0.15, 0.2) is 18.2 Å². The van der Waals surface area contributed by atoms with Crippen LogP contribution in [0, 0.1) is 41.0 Å². The zero-order valence-corrected chi connectivity index (χ0v) is 14.0. The first-order valence-corrected chi connectivity index (χ1v) is 7.44. The average molecular weight is 347 g/mol. The molecule has 0 radical (unpaired) electrons. The molecular formula is C15H17N5O5. The molecular weight excluding hydrogens is 330 g/mol. The van der Waals surface area contributed by atoms with Crippen LogP contribution in [0.1, 0.15) is 23.4 Å². The third kappa shape index (κ3) is 3.79. The third-order valence-corrected chi connectivity index (χ3v) is 3.85. The van der Waals surface area contributed by atoms with Crippen molar-refractivity contribution in [2.24, 2.45) is 0 Å². The number of nitro groups is 2. The number of aromatic nitrogens is 2. The van der Waals surface area contributed by atoms with Crippen molar-refractivity contribution in [1.82, 2.24) is 9.78 Å². The van der Waals surface area contributed by atoms with E-state index in [1.807, 2.05) is 0 Å². The summed E-state index contributed by atoms with van der Waals surface area (Å²) in [4.78, 5) is 33.0. The first-order chi connectivity index (χ1) is 11.7. The molecule has 0 saturated heterocycles. The van der Waals surface area contributed by atoms with Crippen LogP contribution in [0.5, 0.6) is 0 Å². The first kappa shape index (κ1) is 18.0. The molecule has 0 spiro atoms. The molecule has 1 heterocycles. The van der Waals surface area contributed by atoms with Gasteiger partial charge in [0, 0.05) is 12.5 Å². The summed E-state index contributed by atoms with van der Waals surface area (Å²) in [7, 11) is 0. The number of hydrogen-bond acceptors (Lipinski definition) is 6. The summed E-state index contributed by atoms with van der Waals surface area (Å²) in [5, 5.41) is 28.6. The number of nitro benzene ring substituents is 1. The molecule has 25 heavy (non-hydrogen) atoms. The second kappa shape index (κ2) is 7.07. The highest BCUT2D eigenvalue weighted by Crippen LogP contribution is 2.25. The van der Waals surface area contributed by atoms with Crippen LogP contribution in [0.2, 0.25) is 0 Å². The molecule has 132 valence electrons. The fourth-order valence-corrected chi connectivity index (χ4v) is 2.55. The minimum atomic E-state index is -0.514. The Morgan fingerprint density at radius 3 is 2.44 bits per heavy atom. The van der Waals surface area contributed by atoms with Crippen molar-refractivity contribution in [3.63, 3.8) is 0 Å². The normalized spacial score (nSPS) is 10.5. The molecule has 0 aliphatic carbocycles. The van der Waals surface area contributed by atoms with Gasteiger partial charge in [0.05, 0.1) is 27.6 Å². The van der Waals surface area contributed by atoms with Gasteiger partial charge in [0.2, 0.25) is 5.91 Å². The molecule has 1 amide bonds. The van der Waals surface area contributed by atoms with E-state index in [9.17, 15) is 25.0 Å². The fraction of sp³-hybridized carbons (Fsp3) is 0.333. The van der Waals surface area contributed by atoms with Crippen LogP contribution < -0.4 is 5.32 Å². The number of amides is 1. The highest BCUT2D eigenvalue weighted by molar-refractivity contribution is 5.92. The Labute approximate surface area is 142 Å². The monoisotopic (exact) mass is 347 g/mol. The lowest BCUT2D eigenvalue weighted by Crippen LogP contribution is -2.16. The molecule has 0 atom stereocenters. The second-order valence-electron chi connectivity index (χ2n) is 5.50. The summed E-state index contributed by atoms with van der Waals surface area (Å²) < 4.78 is 1.41. The van der Waals surface area contributed by atoms with E-state index >= 15 is 0 Å². The van der Waals surface area contributed by atoms with E-state index < -0.39 is 9.85 Å². The van der Waals surface area contributed by atoms with Gasteiger partial charge in [0.25, 0.3) is 5.69 Å². The van der Waals surface area contributed by atoms with Gasteiger partial charge in [0.1, 0.15) is 11.4 Å². The minimum Gasteiger partial charge on any atom is -0.326 e. The number of rotatable bonds is 6. The SMILES string of the molecule is Cc1nn(CCC(=O)Nc2cccc([N+](=O)[O-])c2C)c(C)c1[N+](=O)[O-]. The zero-order valence-electron chi connectivity index (χ0n) is 14.0. The molecule has 2 aromatic rings. The topological polar surface area (TPSA) is 133 Å². The van der Waals surface area contributed by atoms with E-state index in [0.717, 1.165) is 0 Å². The maximum absolute atomic E-state index is 12.1.